The molecule has 12 nitrogen and oxygen atoms in total. The molecule has 15 aliphatic carbocycles. The molecule has 0 amide bonds. The Morgan fingerprint density at radius 3 is 0.321 bits per heavy atom. The number of benzene rings is 14. The molecular weight excluding hydrogens is 1020 g/mol. The van der Waals surface area contributed by atoms with Crippen LogP contribution in [0.5, 0.6) is 0 Å². The van der Waals surface area contributed by atoms with E-state index in [0.717, 1.165) is 237 Å². The number of carbonyl (C=O) groups is 6. The van der Waals surface area contributed by atoms with Crippen molar-refractivity contribution in [3.63, 3.8) is 0 Å². The summed E-state index contributed by atoms with van der Waals surface area (Å²) < 4.78 is 0. The minimum absolute atomic E-state index is 0.656. The van der Waals surface area contributed by atoms with E-state index in [-0.39, 0.29) is 0 Å². The fourth-order valence-electron chi connectivity index (χ4n) is 30.9. The van der Waals surface area contributed by atoms with Crippen LogP contribution < -0.4 is 0 Å². The summed E-state index contributed by atoms with van der Waals surface area (Å²) in [5.41, 5.74) is -9.78. The zero-order valence-corrected chi connectivity index (χ0v) is 39.6. The minimum Gasteiger partial charge on any atom is -0.480 e. The summed E-state index contributed by atoms with van der Waals surface area (Å²) >= 11 is 0. The quantitative estimate of drug-likeness (QED) is 0.0676. The van der Waals surface area contributed by atoms with E-state index >= 15 is 28.8 Å². The van der Waals surface area contributed by atoms with Gasteiger partial charge in [0.05, 0.1) is 32.5 Å². The van der Waals surface area contributed by atoms with E-state index in [1.165, 1.54) is 0 Å². The highest BCUT2D eigenvalue weighted by molar-refractivity contribution is 6.74. The molecule has 20 aromatic carbocycles. The van der Waals surface area contributed by atoms with Gasteiger partial charge < -0.3 is 30.6 Å². The van der Waals surface area contributed by atoms with Crippen molar-refractivity contribution in [2.24, 2.45) is 16.2 Å². The van der Waals surface area contributed by atoms with Gasteiger partial charge in [0.2, 0.25) is 0 Å². The second-order valence-electron chi connectivity index (χ2n) is 28.8. The first-order valence-electron chi connectivity index (χ1n) is 28.1. The molecule has 354 valence electrons. The topological polar surface area (TPSA) is 224 Å². The Kier molecular flexibility index (Phi) is 2.61. The van der Waals surface area contributed by atoms with Crippen molar-refractivity contribution >= 4 is 262 Å². The van der Waals surface area contributed by atoms with Crippen LogP contribution in [0, 0.1) is 16.2 Å². The smallest absolute Gasteiger partial charge is 0.323 e. The number of rotatable bonds is 6. The molecule has 6 N–H and O–H groups in total. The lowest BCUT2D eigenvalue weighted by Crippen LogP contribution is -2.35. The van der Waals surface area contributed by atoms with E-state index in [1.54, 1.807) is 0 Å². The van der Waals surface area contributed by atoms with Gasteiger partial charge in [-0.1, -0.05) is 0 Å². The number of hydrogen-bond acceptors (Lipinski definition) is 6. The van der Waals surface area contributed by atoms with Gasteiger partial charge in [0.25, 0.3) is 0 Å². The molecule has 6 atom stereocenters. The van der Waals surface area contributed by atoms with Crippen molar-refractivity contribution < 1.29 is 59.4 Å². The summed E-state index contributed by atoms with van der Waals surface area (Å²) in [4.78, 5) is 94.6. The molecule has 35 rings (SSSR count). The highest BCUT2D eigenvalue weighted by atomic mass is 16.4. The van der Waals surface area contributed by atoms with Crippen molar-refractivity contribution in [3.05, 3.63) is 66.8 Å². The molecule has 3 saturated carbocycles. The van der Waals surface area contributed by atoms with E-state index in [4.69, 9.17) is 0 Å². The summed E-state index contributed by atoms with van der Waals surface area (Å²) in [6.07, 6.45) is 0. The first-order valence-corrected chi connectivity index (χ1v) is 28.1. The minimum atomic E-state index is -2.53. The molecule has 0 heterocycles. The summed E-state index contributed by atoms with van der Waals surface area (Å²) in [5.74, 6) is -8.66. The van der Waals surface area contributed by atoms with Crippen molar-refractivity contribution in [1.29, 1.82) is 0 Å². The van der Waals surface area contributed by atoms with Gasteiger partial charge in [0.15, 0.2) is 16.2 Å². The first kappa shape index (κ1) is 32.0. The Bertz CT molecular complexity index is 7430. The van der Waals surface area contributed by atoms with Gasteiger partial charge in [-0.2, -0.15) is 0 Å². The number of carboxylic acids is 6. The van der Waals surface area contributed by atoms with Crippen LogP contribution in [0.15, 0.2) is 0 Å². The maximum atomic E-state index is 15.8. The van der Waals surface area contributed by atoms with Gasteiger partial charge in [-0.05, 0) is 293 Å². The Morgan fingerprint density at radius 1 is 0.148 bits per heavy atom. The average molecular weight is 1030 g/mol. The average Bonchev–Trinajstić information content (AvgIpc) is 1.35. The fraction of sp³-hybridized carbons (Fsp3) is 0.130. The van der Waals surface area contributed by atoms with E-state index < -0.39 is 84.6 Å². The molecule has 6 spiro atoms. The highest BCUT2D eigenvalue weighted by Crippen LogP contribution is 3.03. The van der Waals surface area contributed by atoms with Gasteiger partial charge in [0.1, 0.15) is 0 Å². The SMILES string of the molecule is O=C(O)C1(C(=O)O)C23c4c5c6c7c8c9c%10c6c6c%11c%12c%13c%14c%15c%16c(c9c9c%17c8c(c8c%18c2c2c%19c%20c%21c(c%22c%13c%13c%23c%24c%25c(c%19c%18c%18c8c%17c8c9c%16c(c%13%15)c%24c8c%25%18)C%208C(C(=O)O)(C(=O)O)C%22%238)c%12c(c56)c%21c42)C713)C%101C(C(=O)O)(C(=O)O)C%11%141. The van der Waals surface area contributed by atoms with Crippen LogP contribution in [0.4, 0.5) is 0 Å². The van der Waals surface area contributed by atoms with Crippen LogP contribution in [-0.4, -0.2) is 66.5 Å². The summed E-state index contributed by atoms with van der Waals surface area (Å²) in [7, 11) is 0. The maximum absolute atomic E-state index is 15.8. The van der Waals surface area contributed by atoms with E-state index in [9.17, 15) is 30.6 Å². The van der Waals surface area contributed by atoms with Crippen LogP contribution in [0.1, 0.15) is 66.8 Å². The van der Waals surface area contributed by atoms with Gasteiger partial charge in [-0.3, -0.25) is 28.8 Å². The van der Waals surface area contributed by atoms with Crippen LogP contribution in [-0.2, 0) is 61.3 Å². The largest absolute Gasteiger partial charge is 0.480 e. The van der Waals surface area contributed by atoms with Crippen molar-refractivity contribution in [1.82, 2.24) is 0 Å². The molecule has 20 aromatic rings. The normalized spacial score (nSPS) is 31.4. The van der Waals surface area contributed by atoms with Crippen LogP contribution in [0.25, 0.3) is 226 Å². The molecule has 0 aliphatic heterocycles. The molecular formula is C69H6O12. The zero-order valence-electron chi connectivity index (χ0n) is 39.6. The monoisotopic (exact) mass is 1030 g/mol. The second-order valence-corrected chi connectivity index (χ2v) is 28.8. The lowest BCUT2D eigenvalue weighted by molar-refractivity contribution is -0.160. The first-order chi connectivity index (χ1) is 39.4. The number of carboxylic acid groups (broad SMARTS) is 6. The van der Waals surface area contributed by atoms with Gasteiger partial charge in [-0.25, -0.2) is 0 Å². The van der Waals surface area contributed by atoms with Crippen LogP contribution in [0.3, 0.4) is 0 Å². The fourth-order valence-corrected chi connectivity index (χ4v) is 30.9. The van der Waals surface area contributed by atoms with Gasteiger partial charge in [-0.15, -0.1) is 0 Å². The third-order valence-electron chi connectivity index (χ3n) is 30.0. The third kappa shape index (κ3) is 1.44. The molecule has 81 heavy (non-hydrogen) atoms. The van der Waals surface area contributed by atoms with Crippen LogP contribution >= 0.6 is 0 Å². The lowest BCUT2D eigenvalue weighted by atomic mass is 9.66. The summed E-state index contributed by atoms with van der Waals surface area (Å²) in [6.45, 7) is 0. The molecule has 12 heteroatoms. The standard InChI is InChI=1S/C69H6O12/c70-55(71)67(56(72)73)61-45-19-8-2-1-3-10-5(8)14-25-21(10)43-23-12(3)13-4(1)11-6-9(2)20(19)46-30-15(6)26-22(11)44-24(13)36-35(23)53-41-33-18-7-16-27(51(61)37(29(14)45)39-31(16)47(33)63(49(25)39)65(43,53)68(63,57(74)75)58(76)77)28-17(7)32-40(38(30)52(28)62(46,61)67)50(26)64-48(32)34(18)42(41)54(36)66(44,64)69(64,59(78)79)60(80)81/h(H,70,71)(H,72,73)(H,74,75)(H,76,77)(H,78,79)(H,80,81). The molecule has 15 aliphatic rings. The summed E-state index contributed by atoms with van der Waals surface area (Å²) in [5, 5.41) is 113. The molecule has 0 aromatic heterocycles. The Hall–Kier alpha value is -10.2. The Labute approximate surface area is 435 Å². The highest BCUT2D eigenvalue weighted by Gasteiger charge is 3.06. The third-order valence-corrected chi connectivity index (χ3v) is 30.0. The van der Waals surface area contributed by atoms with Crippen molar-refractivity contribution in [3.8, 4) is 0 Å². The summed E-state index contributed by atoms with van der Waals surface area (Å²) in [6, 6.07) is 0. The zero-order chi connectivity index (χ0) is 51.1. The van der Waals surface area contributed by atoms with E-state index in [0.29, 0.717) is 55.6 Å². The van der Waals surface area contributed by atoms with Crippen molar-refractivity contribution in [2.45, 2.75) is 32.5 Å². The second kappa shape index (κ2) is 6.60. The predicted molar refractivity (Wildman–Crippen MR) is 293 cm³/mol. The molecule has 0 bridgehead atoms. The number of aliphatic carboxylic acids is 6. The Morgan fingerprint density at radius 2 is 0.222 bits per heavy atom. The molecule has 0 radical (unpaired) electrons. The van der Waals surface area contributed by atoms with E-state index in [1.807, 2.05) is 0 Å². The lowest BCUT2D eigenvalue weighted by Gasteiger charge is -2.33. The predicted octanol–water partition coefficient (Wildman–Crippen LogP) is 10.9. The molecule has 0 saturated heterocycles. The van der Waals surface area contributed by atoms with Crippen LogP contribution in [0.2, 0.25) is 0 Å². The Balaban J connectivity index is 1.13. The van der Waals surface area contributed by atoms with Crippen molar-refractivity contribution in [2.75, 3.05) is 0 Å². The molecule has 3 fully saturated rings. The number of hydrogen-bond donors (Lipinski definition) is 6. The van der Waals surface area contributed by atoms with Gasteiger partial charge in [0, 0.05) is 0 Å². The van der Waals surface area contributed by atoms with Gasteiger partial charge >= 0.3 is 35.8 Å². The van der Waals surface area contributed by atoms with E-state index in [2.05, 4.69) is 0 Å². The molecule has 6 unspecified atom stereocenters. The maximum Gasteiger partial charge on any atom is 0.323 e.